The van der Waals surface area contributed by atoms with Crippen LogP contribution >= 0.6 is 11.8 Å². The fourth-order valence-corrected chi connectivity index (χ4v) is 4.94. The second-order valence-corrected chi connectivity index (χ2v) is 9.12. The summed E-state index contributed by atoms with van der Waals surface area (Å²) in [5.74, 6) is 1.10. The molecule has 1 aromatic heterocycles. The fraction of sp³-hybridized carbons (Fsp3) is 0.333. The lowest BCUT2D eigenvalue weighted by atomic mass is 10.1. The molecule has 3 heterocycles. The Morgan fingerprint density at radius 2 is 1.61 bits per heavy atom. The highest BCUT2D eigenvalue weighted by Crippen LogP contribution is 2.28. The second kappa shape index (κ2) is 9.36. The molecular formula is C24H25N5O3S. The van der Waals surface area contributed by atoms with Gasteiger partial charge in [-0.2, -0.15) is 0 Å². The van der Waals surface area contributed by atoms with Crippen LogP contribution in [-0.4, -0.2) is 70.1 Å². The van der Waals surface area contributed by atoms with Gasteiger partial charge in [0.05, 0.1) is 30.0 Å². The van der Waals surface area contributed by atoms with Gasteiger partial charge in [0, 0.05) is 25.4 Å². The van der Waals surface area contributed by atoms with E-state index in [4.69, 9.17) is 4.74 Å². The van der Waals surface area contributed by atoms with Crippen molar-refractivity contribution < 1.29 is 14.3 Å². The topological polar surface area (TPSA) is 80.6 Å². The third kappa shape index (κ3) is 4.26. The summed E-state index contributed by atoms with van der Waals surface area (Å²) in [7, 11) is 0. The molecule has 2 aliphatic heterocycles. The number of fused-ring (bicyclic) bond motifs is 1. The summed E-state index contributed by atoms with van der Waals surface area (Å²) in [5.41, 5.74) is 3.18. The molecular weight excluding hydrogens is 438 g/mol. The number of thioether (sulfide) groups is 1. The van der Waals surface area contributed by atoms with Crippen molar-refractivity contribution in [2.45, 2.75) is 18.5 Å². The maximum Gasteiger partial charge on any atom is 0.261 e. The number of amides is 2. The van der Waals surface area contributed by atoms with Gasteiger partial charge in [0.1, 0.15) is 0 Å². The quantitative estimate of drug-likeness (QED) is 0.302. The Balaban J connectivity index is 1.29. The number of benzene rings is 2. The predicted octanol–water partition coefficient (Wildman–Crippen LogP) is 3.19. The zero-order valence-electron chi connectivity index (χ0n) is 18.4. The Hall–Kier alpha value is -3.17. The van der Waals surface area contributed by atoms with Crippen LogP contribution in [0.1, 0.15) is 32.7 Å². The van der Waals surface area contributed by atoms with Crippen LogP contribution in [-0.2, 0) is 4.74 Å². The van der Waals surface area contributed by atoms with Crippen LogP contribution in [0, 0.1) is 6.92 Å². The highest BCUT2D eigenvalue weighted by Gasteiger charge is 2.34. The van der Waals surface area contributed by atoms with Crippen molar-refractivity contribution in [1.82, 2.24) is 19.7 Å². The fourth-order valence-electron chi connectivity index (χ4n) is 4.07. The maximum atomic E-state index is 12.6. The Morgan fingerprint density at radius 3 is 2.27 bits per heavy atom. The highest BCUT2D eigenvalue weighted by molar-refractivity contribution is 7.99. The first-order valence-electron chi connectivity index (χ1n) is 11.1. The first kappa shape index (κ1) is 21.7. The molecule has 2 aromatic carbocycles. The van der Waals surface area contributed by atoms with E-state index in [1.807, 2.05) is 0 Å². The van der Waals surface area contributed by atoms with E-state index in [0.717, 1.165) is 29.9 Å². The van der Waals surface area contributed by atoms with Gasteiger partial charge in [0.2, 0.25) is 5.95 Å². The molecule has 0 saturated carbocycles. The van der Waals surface area contributed by atoms with Crippen LogP contribution in [0.4, 0.5) is 5.95 Å². The molecule has 8 nitrogen and oxygen atoms in total. The van der Waals surface area contributed by atoms with Crippen LogP contribution in [0.25, 0.3) is 5.69 Å². The monoisotopic (exact) mass is 463 g/mol. The third-order valence-corrected chi connectivity index (χ3v) is 6.85. The predicted molar refractivity (Wildman–Crippen MR) is 126 cm³/mol. The molecule has 5 rings (SSSR count). The number of carbonyl (C=O) groups is 2. The van der Waals surface area contributed by atoms with Crippen LogP contribution < -0.4 is 4.90 Å². The van der Waals surface area contributed by atoms with Gasteiger partial charge in [-0.3, -0.25) is 19.1 Å². The van der Waals surface area contributed by atoms with E-state index >= 15 is 0 Å². The third-order valence-electron chi connectivity index (χ3n) is 5.84. The van der Waals surface area contributed by atoms with Crippen LogP contribution in [0.3, 0.4) is 0 Å². The van der Waals surface area contributed by atoms with Gasteiger partial charge in [-0.05, 0) is 37.6 Å². The molecule has 0 N–H and O–H groups in total. The highest BCUT2D eigenvalue weighted by atomic mass is 32.2. The van der Waals surface area contributed by atoms with Crippen molar-refractivity contribution in [3.05, 3.63) is 65.2 Å². The van der Waals surface area contributed by atoms with Crippen molar-refractivity contribution in [2.75, 3.05) is 43.5 Å². The lowest BCUT2D eigenvalue weighted by molar-refractivity contribution is 0.0655. The van der Waals surface area contributed by atoms with E-state index < -0.39 is 0 Å². The van der Waals surface area contributed by atoms with Gasteiger partial charge < -0.3 is 9.64 Å². The number of imide groups is 1. The van der Waals surface area contributed by atoms with Gasteiger partial charge in [-0.1, -0.05) is 41.6 Å². The Kier molecular flexibility index (Phi) is 6.15. The summed E-state index contributed by atoms with van der Waals surface area (Å²) < 4.78 is 7.57. The van der Waals surface area contributed by atoms with Crippen molar-refractivity contribution in [3.63, 3.8) is 0 Å². The van der Waals surface area contributed by atoms with Crippen molar-refractivity contribution >= 4 is 29.5 Å². The van der Waals surface area contributed by atoms with Crippen molar-refractivity contribution in [1.29, 1.82) is 0 Å². The smallest absolute Gasteiger partial charge is 0.261 e. The summed E-state index contributed by atoms with van der Waals surface area (Å²) in [5, 5.41) is 9.75. The minimum absolute atomic E-state index is 0.210. The number of ether oxygens (including phenoxy) is 1. The Bertz CT molecular complexity index is 1140. The molecule has 0 atom stereocenters. The minimum Gasteiger partial charge on any atom is -0.378 e. The SMILES string of the molecule is Cc1ccc(-n2c(SCCCN3C(=O)c4ccccc4C3=O)nnc2N2CCOCC2)cc1. The van der Waals surface area contributed by atoms with Gasteiger partial charge >= 0.3 is 0 Å². The molecule has 1 saturated heterocycles. The van der Waals surface area contributed by atoms with Crippen LogP contribution in [0.5, 0.6) is 0 Å². The molecule has 170 valence electrons. The summed E-state index contributed by atoms with van der Waals surface area (Å²) in [6.45, 7) is 5.33. The van der Waals surface area contributed by atoms with Crippen molar-refractivity contribution in [2.24, 2.45) is 0 Å². The van der Waals surface area contributed by atoms with E-state index in [0.29, 0.717) is 43.1 Å². The number of aromatic nitrogens is 3. The number of nitrogens with zero attached hydrogens (tertiary/aromatic N) is 5. The maximum absolute atomic E-state index is 12.6. The molecule has 0 radical (unpaired) electrons. The minimum atomic E-state index is -0.210. The van der Waals surface area contributed by atoms with Gasteiger partial charge in [-0.25, -0.2) is 0 Å². The largest absolute Gasteiger partial charge is 0.378 e. The molecule has 33 heavy (non-hydrogen) atoms. The number of hydrogen-bond acceptors (Lipinski definition) is 7. The number of hydrogen-bond donors (Lipinski definition) is 0. The molecule has 3 aromatic rings. The molecule has 2 aliphatic rings. The number of rotatable bonds is 7. The molecule has 1 fully saturated rings. The van der Waals surface area contributed by atoms with Gasteiger partial charge in [0.15, 0.2) is 5.16 Å². The Labute approximate surface area is 196 Å². The molecule has 0 spiro atoms. The number of carbonyl (C=O) groups excluding carboxylic acids is 2. The summed E-state index contributed by atoms with van der Waals surface area (Å²) >= 11 is 1.58. The number of aryl methyl sites for hydroxylation is 1. The summed E-state index contributed by atoms with van der Waals surface area (Å²) in [4.78, 5) is 28.7. The first-order chi connectivity index (χ1) is 16.1. The second-order valence-electron chi connectivity index (χ2n) is 8.06. The average molecular weight is 464 g/mol. The zero-order valence-corrected chi connectivity index (χ0v) is 19.3. The van der Waals surface area contributed by atoms with E-state index in [9.17, 15) is 9.59 Å². The standard InChI is InChI=1S/C24H25N5O3S/c1-17-7-9-18(10-8-17)29-23(27-12-14-32-15-13-27)25-26-24(29)33-16-4-11-28-21(30)19-5-2-3-6-20(19)22(28)31/h2-3,5-10H,4,11-16H2,1H3. The summed E-state index contributed by atoms with van der Waals surface area (Å²) in [6, 6.07) is 15.3. The average Bonchev–Trinajstić information content (AvgIpc) is 3.38. The van der Waals surface area contributed by atoms with E-state index in [-0.39, 0.29) is 11.8 Å². The normalized spacial score (nSPS) is 15.9. The first-order valence-corrected chi connectivity index (χ1v) is 12.1. The molecule has 0 bridgehead atoms. The molecule has 9 heteroatoms. The molecule has 0 aliphatic carbocycles. The number of anilines is 1. The van der Waals surface area contributed by atoms with E-state index in [1.54, 1.807) is 36.0 Å². The van der Waals surface area contributed by atoms with E-state index in [2.05, 4.69) is 50.9 Å². The molecule has 2 amide bonds. The lowest BCUT2D eigenvalue weighted by Crippen LogP contribution is -2.37. The van der Waals surface area contributed by atoms with E-state index in [1.165, 1.54) is 10.5 Å². The summed E-state index contributed by atoms with van der Waals surface area (Å²) in [6.07, 6.45) is 0.670. The Morgan fingerprint density at radius 1 is 0.939 bits per heavy atom. The molecule has 0 unspecified atom stereocenters. The van der Waals surface area contributed by atoms with Crippen molar-refractivity contribution in [3.8, 4) is 5.69 Å². The number of morpholine rings is 1. The van der Waals surface area contributed by atoms with Gasteiger partial charge in [0.25, 0.3) is 11.8 Å². The zero-order chi connectivity index (χ0) is 22.8. The van der Waals surface area contributed by atoms with Crippen LogP contribution in [0.15, 0.2) is 53.7 Å². The van der Waals surface area contributed by atoms with Crippen LogP contribution in [0.2, 0.25) is 0 Å². The lowest BCUT2D eigenvalue weighted by Gasteiger charge is -2.28. The van der Waals surface area contributed by atoms with Gasteiger partial charge in [-0.15, -0.1) is 10.2 Å².